The summed E-state index contributed by atoms with van der Waals surface area (Å²) in [4.78, 5) is 15.9. The van der Waals surface area contributed by atoms with Crippen LogP contribution in [0.4, 0.5) is 18.3 Å². The lowest BCUT2D eigenvalue weighted by atomic mass is 10.3. The fourth-order valence-electron chi connectivity index (χ4n) is 1.75. The van der Waals surface area contributed by atoms with E-state index in [0.717, 1.165) is 11.3 Å². The summed E-state index contributed by atoms with van der Waals surface area (Å²) in [5, 5.41) is 5.89. The number of anilines is 1. The number of hydrogen-bond acceptors (Lipinski definition) is 6. The van der Waals surface area contributed by atoms with Gasteiger partial charge < -0.3 is 20.1 Å². The normalized spacial score (nSPS) is 11.2. The van der Waals surface area contributed by atoms with Crippen LogP contribution in [0.5, 0.6) is 5.75 Å². The van der Waals surface area contributed by atoms with Gasteiger partial charge in [0.05, 0.1) is 23.4 Å². The zero-order chi connectivity index (χ0) is 17.6. The molecule has 25 heavy (non-hydrogen) atoms. The fraction of sp³-hybridized carbons (Fsp3) is 0.429. The van der Waals surface area contributed by atoms with Gasteiger partial charge in [0.2, 0.25) is 5.91 Å². The molecule has 11 heteroatoms. The summed E-state index contributed by atoms with van der Waals surface area (Å²) in [7, 11) is 1.57. The van der Waals surface area contributed by atoms with Crippen molar-refractivity contribution in [3.8, 4) is 5.75 Å². The summed E-state index contributed by atoms with van der Waals surface area (Å²) < 4.78 is 46.6. The molecule has 0 atom stereocenters. The monoisotopic (exact) mass is 399 g/mol. The number of thiazole rings is 1. The van der Waals surface area contributed by atoms with E-state index in [2.05, 4.69) is 20.4 Å². The van der Waals surface area contributed by atoms with E-state index >= 15 is 0 Å². The van der Waals surface area contributed by atoms with Gasteiger partial charge in [-0.25, -0.2) is 4.98 Å². The Bertz CT molecular complexity index is 697. The maximum Gasteiger partial charge on any atom is 0.422 e. The molecule has 2 rings (SSSR count). The van der Waals surface area contributed by atoms with Crippen molar-refractivity contribution in [2.45, 2.75) is 6.18 Å². The van der Waals surface area contributed by atoms with Crippen LogP contribution in [-0.2, 0) is 9.53 Å². The van der Waals surface area contributed by atoms with E-state index in [4.69, 9.17) is 4.74 Å². The molecule has 0 aliphatic rings. The topological polar surface area (TPSA) is 72.5 Å². The summed E-state index contributed by atoms with van der Waals surface area (Å²) in [6.45, 7) is -0.202. The number of nitrogens with one attached hydrogen (secondary N) is 2. The van der Waals surface area contributed by atoms with Crippen LogP contribution in [0.25, 0.3) is 10.2 Å². The number of fused-ring (bicyclic) bond motifs is 1. The SMILES string of the molecule is COCCNCC(=O)Nc1nc2ccc(OCC(F)(F)F)cc2s1.Cl. The summed E-state index contributed by atoms with van der Waals surface area (Å²) in [6.07, 6.45) is -4.39. The number of benzene rings is 1. The largest absolute Gasteiger partial charge is 0.484 e. The summed E-state index contributed by atoms with van der Waals surface area (Å²) in [5.74, 6) is -0.165. The molecule has 6 nitrogen and oxygen atoms in total. The first-order chi connectivity index (χ1) is 11.4. The van der Waals surface area contributed by atoms with E-state index in [1.807, 2.05) is 0 Å². The third kappa shape index (κ3) is 7.43. The maximum atomic E-state index is 12.2. The van der Waals surface area contributed by atoms with Crippen LogP contribution in [0, 0.1) is 0 Å². The highest BCUT2D eigenvalue weighted by atomic mass is 35.5. The number of alkyl halides is 3. The van der Waals surface area contributed by atoms with Gasteiger partial charge in [-0.05, 0) is 18.2 Å². The molecular formula is C14H17ClF3N3O3S. The van der Waals surface area contributed by atoms with Crippen LogP contribution >= 0.6 is 23.7 Å². The van der Waals surface area contributed by atoms with Crippen molar-refractivity contribution >= 4 is 45.0 Å². The van der Waals surface area contributed by atoms with Crippen molar-refractivity contribution in [2.24, 2.45) is 0 Å². The van der Waals surface area contributed by atoms with Crippen molar-refractivity contribution in [1.82, 2.24) is 10.3 Å². The van der Waals surface area contributed by atoms with Gasteiger partial charge in [-0.15, -0.1) is 12.4 Å². The van der Waals surface area contributed by atoms with Gasteiger partial charge in [-0.3, -0.25) is 4.79 Å². The molecule has 0 spiro atoms. The highest BCUT2D eigenvalue weighted by molar-refractivity contribution is 7.22. The molecule has 0 aliphatic carbocycles. The molecule has 0 saturated heterocycles. The Labute approximate surface area is 152 Å². The standard InChI is InChI=1S/C14H16F3N3O3S.ClH/c1-22-5-4-18-7-12(21)20-13-19-10-3-2-9(6-11(10)24-13)23-8-14(15,16)17;/h2-3,6,18H,4-5,7-8H2,1H3,(H,19,20,21);1H. The molecule has 0 aliphatic heterocycles. The number of amides is 1. The Morgan fingerprint density at radius 2 is 2.12 bits per heavy atom. The number of nitrogens with zero attached hydrogens (tertiary/aromatic N) is 1. The molecule has 0 saturated carbocycles. The first-order valence-corrected chi connectivity index (χ1v) is 7.78. The van der Waals surface area contributed by atoms with E-state index < -0.39 is 12.8 Å². The first-order valence-electron chi connectivity index (χ1n) is 6.97. The predicted octanol–water partition coefficient (Wildman–Crippen LogP) is 2.83. The van der Waals surface area contributed by atoms with Crippen LogP contribution in [0.15, 0.2) is 18.2 Å². The molecule has 2 aromatic rings. The van der Waals surface area contributed by atoms with Crippen LogP contribution in [-0.4, -0.2) is 50.5 Å². The number of rotatable bonds is 8. The average molecular weight is 400 g/mol. The van der Waals surface area contributed by atoms with Crippen molar-refractivity contribution in [1.29, 1.82) is 0 Å². The quantitative estimate of drug-likeness (QED) is 0.668. The smallest absolute Gasteiger partial charge is 0.422 e. The van der Waals surface area contributed by atoms with Gasteiger partial charge in [-0.2, -0.15) is 13.2 Å². The lowest BCUT2D eigenvalue weighted by Crippen LogP contribution is -2.30. The molecule has 2 N–H and O–H groups in total. The van der Waals surface area contributed by atoms with Crippen LogP contribution in [0.1, 0.15) is 0 Å². The number of hydrogen-bond donors (Lipinski definition) is 2. The summed E-state index contributed by atoms with van der Waals surface area (Å²) in [5.41, 5.74) is 0.571. The van der Waals surface area contributed by atoms with Crippen LogP contribution < -0.4 is 15.4 Å². The number of carbonyl (C=O) groups excluding carboxylic acids is 1. The molecule has 1 aromatic heterocycles. The molecule has 0 fully saturated rings. The number of halogens is 4. The molecular weight excluding hydrogens is 383 g/mol. The summed E-state index contributed by atoms with van der Waals surface area (Å²) in [6, 6.07) is 4.42. The number of ether oxygens (including phenoxy) is 2. The van der Waals surface area contributed by atoms with Gasteiger partial charge >= 0.3 is 6.18 Å². The van der Waals surface area contributed by atoms with Gasteiger partial charge in [0.15, 0.2) is 11.7 Å². The van der Waals surface area contributed by atoms with Crippen molar-refractivity contribution < 1.29 is 27.4 Å². The van der Waals surface area contributed by atoms with E-state index in [1.54, 1.807) is 13.2 Å². The van der Waals surface area contributed by atoms with E-state index in [1.165, 1.54) is 12.1 Å². The molecule has 140 valence electrons. The van der Waals surface area contributed by atoms with Gasteiger partial charge in [0, 0.05) is 13.7 Å². The first kappa shape index (κ1) is 21.4. The lowest BCUT2D eigenvalue weighted by Gasteiger charge is -2.08. The second-order valence-corrected chi connectivity index (χ2v) is 5.80. The zero-order valence-electron chi connectivity index (χ0n) is 13.2. The minimum absolute atomic E-state index is 0. The zero-order valence-corrected chi connectivity index (χ0v) is 14.8. The predicted molar refractivity (Wildman–Crippen MR) is 91.8 cm³/mol. The van der Waals surface area contributed by atoms with Gasteiger partial charge in [0.1, 0.15) is 5.75 Å². The molecule has 0 bridgehead atoms. The second-order valence-electron chi connectivity index (χ2n) is 4.77. The average Bonchev–Trinajstić information content (AvgIpc) is 2.90. The molecule has 1 aromatic carbocycles. The Balaban J connectivity index is 0.00000312. The van der Waals surface area contributed by atoms with Gasteiger partial charge in [0.25, 0.3) is 0 Å². The molecule has 1 heterocycles. The molecule has 1 amide bonds. The summed E-state index contributed by atoms with van der Waals surface area (Å²) >= 11 is 1.16. The van der Waals surface area contributed by atoms with Gasteiger partial charge in [-0.1, -0.05) is 11.3 Å². The van der Waals surface area contributed by atoms with E-state index in [-0.39, 0.29) is 30.6 Å². The van der Waals surface area contributed by atoms with E-state index in [0.29, 0.717) is 28.5 Å². The minimum Gasteiger partial charge on any atom is -0.484 e. The lowest BCUT2D eigenvalue weighted by molar-refractivity contribution is -0.153. The Hall–Kier alpha value is -1.62. The molecule has 0 unspecified atom stereocenters. The van der Waals surface area contributed by atoms with Crippen molar-refractivity contribution in [2.75, 3.05) is 38.7 Å². The fourth-order valence-corrected chi connectivity index (χ4v) is 2.66. The Kier molecular flexibility index (Phi) is 8.36. The number of methoxy groups -OCH3 is 1. The minimum atomic E-state index is -4.39. The molecule has 0 radical (unpaired) electrons. The maximum absolute atomic E-state index is 12.2. The number of aromatic nitrogens is 1. The third-order valence-electron chi connectivity index (χ3n) is 2.78. The highest BCUT2D eigenvalue weighted by Gasteiger charge is 2.28. The Morgan fingerprint density at radius 3 is 2.80 bits per heavy atom. The number of carbonyl (C=O) groups is 1. The highest BCUT2D eigenvalue weighted by Crippen LogP contribution is 2.29. The van der Waals surface area contributed by atoms with Crippen LogP contribution in [0.2, 0.25) is 0 Å². The van der Waals surface area contributed by atoms with Crippen molar-refractivity contribution in [3.63, 3.8) is 0 Å². The van der Waals surface area contributed by atoms with Crippen LogP contribution in [0.3, 0.4) is 0 Å². The Morgan fingerprint density at radius 1 is 1.36 bits per heavy atom. The third-order valence-corrected chi connectivity index (χ3v) is 3.71. The second kappa shape index (κ2) is 9.76. The van der Waals surface area contributed by atoms with Crippen molar-refractivity contribution in [3.05, 3.63) is 18.2 Å². The van der Waals surface area contributed by atoms with E-state index in [9.17, 15) is 18.0 Å².